The van der Waals surface area contributed by atoms with Gasteiger partial charge >= 0.3 is 0 Å². The van der Waals surface area contributed by atoms with Crippen molar-refractivity contribution in [3.63, 3.8) is 0 Å². The molecule has 0 atom stereocenters. The van der Waals surface area contributed by atoms with E-state index in [0.29, 0.717) is 22.2 Å². The van der Waals surface area contributed by atoms with Gasteiger partial charge in [-0.05, 0) is 30.7 Å². The summed E-state index contributed by atoms with van der Waals surface area (Å²) in [5, 5.41) is 6.48. The third-order valence-corrected chi connectivity index (χ3v) is 5.59. The Morgan fingerprint density at radius 3 is 2.54 bits per heavy atom. The number of rotatable bonds is 5. The highest BCUT2D eigenvalue weighted by molar-refractivity contribution is 9.10. The third-order valence-electron chi connectivity index (χ3n) is 3.70. The van der Waals surface area contributed by atoms with Gasteiger partial charge in [0.2, 0.25) is 5.91 Å². The summed E-state index contributed by atoms with van der Waals surface area (Å²) in [6.45, 7) is 7.78. The normalized spacial score (nSPS) is 11.3. The van der Waals surface area contributed by atoms with Gasteiger partial charge in [0.1, 0.15) is 0 Å². The first-order chi connectivity index (χ1) is 12.1. The van der Waals surface area contributed by atoms with Crippen molar-refractivity contribution >= 4 is 49.8 Å². The number of amides is 2. The lowest BCUT2D eigenvalue weighted by Crippen LogP contribution is -2.27. The highest BCUT2D eigenvalue weighted by Gasteiger charge is 2.23. The van der Waals surface area contributed by atoms with Gasteiger partial charge in [-0.3, -0.25) is 9.59 Å². The van der Waals surface area contributed by atoms with Crippen LogP contribution in [0.2, 0.25) is 0 Å². The maximum absolute atomic E-state index is 12.7. The number of carbonyl (C=O) groups is 2. The zero-order valence-electron chi connectivity index (χ0n) is 15.5. The van der Waals surface area contributed by atoms with Crippen LogP contribution in [0.25, 0.3) is 0 Å². The minimum Gasteiger partial charge on any atom is -0.380 e. The molecule has 1 aromatic heterocycles. The van der Waals surface area contributed by atoms with Crippen molar-refractivity contribution in [1.82, 2.24) is 0 Å². The largest absolute Gasteiger partial charge is 0.380 e. The Labute approximate surface area is 166 Å². The molecule has 0 aliphatic carbocycles. The quantitative estimate of drug-likeness (QED) is 0.673. The molecule has 2 rings (SSSR count). The number of hydrogen-bond acceptors (Lipinski definition) is 4. The van der Waals surface area contributed by atoms with Crippen LogP contribution in [0, 0.1) is 12.3 Å². The van der Waals surface area contributed by atoms with E-state index in [1.54, 1.807) is 7.11 Å². The van der Waals surface area contributed by atoms with E-state index in [2.05, 4.69) is 26.6 Å². The number of nitrogens with one attached hydrogen (secondary N) is 2. The standard InChI is InChI=1S/C19H23BrN2O3S/c1-11-9-15(22-18(24)19(2,3)4)26-16(11)17(23)21-14-8-6-7-13(20)12(14)10-25-5/h6-9H,10H2,1-5H3,(H,21,23)(H,22,24). The Kier molecular flexibility index (Phi) is 6.60. The number of halogens is 1. The second kappa shape index (κ2) is 8.33. The molecule has 2 N–H and O–H groups in total. The molecule has 0 aliphatic heterocycles. The SMILES string of the molecule is COCc1c(Br)cccc1NC(=O)c1sc(NC(=O)C(C)(C)C)cc1C. The van der Waals surface area contributed by atoms with Crippen LogP contribution in [0.15, 0.2) is 28.7 Å². The number of anilines is 2. The van der Waals surface area contributed by atoms with Crippen molar-refractivity contribution in [2.24, 2.45) is 5.41 Å². The van der Waals surface area contributed by atoms with Crippen molar-refractivity contribution in [2.45, 2.75) is 34.3 Å². The van der Waals surface area contributed by atoms with Gasteiger partial charge < -0.3 is 15.4 Å². The lowest BCUT2D eigenvalue weighted by atomic mass is 9.96. The Hall–Kier alpha value is -1.70. The van der Waals surface area contributed by atoms with Gasteiger partial charge in [0.05, 0.1) is 16.5 Å². The first-order valence-corrected chi connectivity index (χ1v) is 9.74. The number of carbonyl (C=O) groups excluding carboxylic acids is 2. The molecule has 2 amide bonds. The maximum Gasteiger partial charge on any atom is 0.266 e. The minimum atomic E-state index is -0.494. The van der Waals surface area contributed by atoms with Crippen LogP contribution in [0.1, 0.15) is 41.6 Å². The molecule has 1 aromatic carbocycles. The third kappa shape index (κ3) is 4.93. The van der Waals surface area contributed by atoms with Crippen molar-refractivity contribution in [2.75, 3.05) is 17.7 Å². The molecule has 7 heteroatoms. The summed E-state index contributed by atoms with van der Waals surface area (Å²) in [5.74, 6) is -0.292. The second-order valence-corrected chi connectivity index (χ2v) is 8.89. The molecule has 5 nitrogen and oxygen atoms in total. The molecule has 0 aliphatic rings. The first-order valence-electron chi connectivity index (χ1n) is 8.13. The second-order valence-electron chi connectivity index (χ2n) is 6.98. The zero-order chi connectivity index (χ0) is 19.5. The predicted octanol–water partition coefficient (Wildman–Crippen LogP) is 5.20. The van der Waals surface area contributed by atoms with Gasteiger partial charge in [-0.2, -0.15) is 0 Å². The average molecular weight is 439 g/mol. The molecule has 0 saturated carbocycles. The number of thiophene rings is 1. The van der Waals surface area contributed by atoms with E-state index in [9.17, 15) is 9.59 Å². The fraction of sp³-hybridized carbons (Fsp3) is 0.368. The van der Waals surface area contributed by atoms with Crippen LogP contribution < -0.4 is 10.6 Å². The minimum absolute atomic E-state index is 0.0833. The van der Waals surface area contributed by atoms with E-state index < -0.39 is 5.41 Å². The van der Waals surface area contributed by atoms with Crippen LogP contribution in [-0.2, 0) is 16.1 Å². The number of ether oxygens (including phenoxy) is 1. The maximum atomic E-state index is 12.7. The van der Waals surface area contributed by atoms with Crippen molar-refractivity contribution in [3.8, 4) is 0 Å². The molecule has 0 saturated heterocycles. The van der Waals surface area contributed by atoms with E-state index in [4.69, 9.17) is 4.74 Å². The molecule has 2 aromatic rings. The lowest BCUT2D eigenvalue weighted by Gasteiger charge is -2.16. The number of methoxy groups -OCH3 is 1. The summed E-state index contributed by atoms with van der Waals surface area (Å²) < 4.78 is 6.09. The molecule has 0 bridgehead atoms. The summed E-state index contributed by atoms with van der Waals surface area (Å²) in [4.78, 5) is 25.4. The lowest BCUT2D eigenvalue weighted by molar-refractivity contribution is -0.123. The van der Waals surface area contributed by atoms with E-state index in [-0.39, 0.29) is 11.8 Å². The van der Waals surface area contributed by atoms with E-state index in [1.165, 1.54) is 11.3 Å². The highest BCUT2D eigenvalue weighted by atomic mass is 79.9. The van der Waals surface area contributed by atoms with Gasteiger partial charge in [0.15, 0.2) is 0 Å². The van der Waals surface area contributed by atoms with Gasteiger partial charge in [0.25, 0.3) is 5.91 Å². The molecule has 0 spiro atoms. The topological polar surface area (TPSA) is 67.4 Å². The Morgan fingerprint density at radius 2 is 1.92 bits per heavy atom. The molecule has 140 valence electrons. The Balaban J connectivity index is 2.21. The van der Waals surface area contributed by atoms with E-state index in [1.807, 2.05) is 52.0 Å². The van der Waals surface area contributed by atoms with Crippen LogP contribution in [0.5, 0.6) is 0 Å². The fourth-order valence-corrected chi connectivity index (χ4v) is 3.66. The molecule has 1 heterocycles. The van der Waals surface area contributed by atoms with Crippen LogP contribution >= 0.6 is 27.3 Å². The van der Waals surface area contributed by atoms with Crippen LogP contribution in [0.4, 0.5) is 10.7 Å². The van der Waals surface area contributed by atoms with Crippen molar-refractivity contribution < 1.29 is 14.3 Å². The molecular formula is C19H23BrN2O3S. The summed E-state index contributed by atoms with van der Waals surface area (Å²) >= 11 is 4.75. The fourth-order valence-electron chi connectivity index (χ4n) is 2.21. The van der Waals surface area contributed by atoms with E-state index in [0.717, 1.165) is 15.6 Å². The monoisotopic (exact) mass is 438 g/mol. The summed E-state index contributed by atoms with van der Waals surface area (Å²) in [6.07, 6.45) is 0. The number of benzene rings is 1. The molecule has 0 radical (unpaired) electrons. The van der Waals surface area contributed by atoms with E-state index >= 15 is 0 Å². The highest BCUT2D eigenvalue weighted by Crippen LogP contribution is 2.31. The molecule has 0 unspecified atom stereocenters. The van der Waals surface area contributed by atoms with Crippen molar-refractivity contribution in [3.05, 3.63) is 44.7 Å². The summed E-state index contributed by atoms with van der Waals surface area (Å²) in [5.41, 5.74) is 1.89. The van der Waals surface area contributed by atoms with Crippen LogP contribution in [-0.4, -0.2) is 18.9 Å². The first kappa shape index (κ1) is 20.6. The summed E-state index contributed by atoms with van der Waals surface area (Å²) in [7, 11) is 1.61. The average Bonchev–Trinajstić information content (AvgIpc) is 2.90. The zero-order valence-corrected chi connectivity index (χ0v) is 17.9. The molecular weight excluding hydrogens is 416 g/mol. The smallest absolute Gasteiger partial charge is 0.266 e. The Morgan fingerprint density at radius 1 is 1.23 bits per heavy atom. The number of aryl methyl sites for hydroxylation is 1. The van der Waals surface area contributed by atoms with Gasteiger partial charge in [-0.15, -0.1) is 11.3 Å². The molecule has 26 heavy (non-hydrogen) atoms. The van der Waals surface area contributed by atoms with Gasteiger partial charge in [0, 0.05) is 28.2 Å². The van der Waals surface area contributed by atoms with Crippen LogP contribution in [0.3, 0.4) is 0 Å². The molecule has 0 fully saturated rings. The van der Waals surface area contributed by atoms with Gasteiger partial charge in [-0.25, -0.2) is 0 Å². The number of hydrogen-bond donors (Lipinski definition) is 2. The van der Waals surface area contributed by atoms with Gasteiger partial charge in [-0.1, -0.05) is 42.8 Å². The summed E-state index contributed by atoms with van der Waals surface area (Å²) in [6, 6.07) is 7.41. The Bertz CT molecular complexity index is 825. The predicted molar refractivity (Wildman–Crippen MR) is 110 cm³/mol. The van der Waals surface area contributed by atoms with Crippen molar-refractivity contribution in [1.29, 1.82) is 0 Å².